The van der Waals surface area contributed by atoms with Gasteiger partial charge < -0.3 is 8.98 Å². The fraction of sp³-hybridized carbons (Fsp3) is 0. The molecule has 4 heterocycles. The van der Waals surface area contributed by atoms with Crippen molar-refractivity contribution >= 4 is 65.6 Å². The van der Waals surface area contributed by atoms with E-state index >= 15 is 0 Å². The third-order valence-corrected chi connectivity index (χ3v) is 11.2. The summed E-state index contributed by atoms with van der Waals surface area (Å²) in [5, 5.41) is 6.55. The lowest BCUT2D eigenvalue weighted by Crippen LogP contribution is -2.07. The number of para-hydroxylation sites is 3. The molecule has 0 atom stereocenters. The molecule has 0 saturated heterocycles. The molecule has 0 amide bonds. The smallest absolute Gasteiger partial charge is 0.238 e. The van der Waals surface area contributed by atoms with Crippen LogP contribution in [0.1, 0.15) is 0 Å². The molecule has 0 aliphatic heterocycles. The summed E-state index contributed by atoms with van der Waals surface area (Å²) in [6.07, 6.45) is 0. The van der Waals surface area contributed by atoms with Gasteiger partial charge in [0.25, 0.3) is 0 Å². The minimum Gasteiger partial charge on any atom is -0.452 e. The molecule has 0 bridgehead atoms. The van der Waals surface area contributed by atoms with Gasteiger partial charge >= 0.3 is 0 Å². The van der Waals surface area contributed by atoms with Crippen LogP contribution >= 0.6 is 0 Å². The number of nitrogens with zero attached hydrogens (tertiary/aromatic N) is 5. The first-order chi connectivity index (χ1) is 28.3. The van der Waals surface area contributed by atoms with Crippen LogP contribution in [0, 0.1) is 0 Å². The second-order valence-electron chi connectivity index (χ2n) is 14.4. The van der Waals surface area contributed by atoms with Crippen molar-refractivity contribution < 1.29 is 4.42 Å². The van der Waals surface area contributed by atoms with Crippen molar-refractivity contribution in [1.29, 1.82) is 0 Å². The maximum atomic E-state index is 7.26. The van der Waals surface area contributed by atoms with E-state index in [1.807, 2.05) is 42.5 Å². The lowest BCUT2D eigenvalue weighted by atomic mass is 9.99. The number of benzene rings is 8. The Labute approximate surface area is 326 Å². The molecule has 0 radical (unpaired) electrons. The number of fused-ring (bicyclic) bond motifs is 11. The summed E-state index contributed by atoms with van der Waals surface area (Å²) in [5.74, 6) is 1.70. The largest absolute Gasteiger partial charge is 0.452 e. The summed E-state index contributed by atoms with van der Waals surface area (Å²) in [7, 11) is 0. The fourth-order valence-electron chi connectivity index (χ4n) is 8.69. The van der Waals surface area contributed by atoms with E-state index < -0.39 is 0 Å². The highest BCUT2D eigenvalue weighted by Gasteiger charge is 2.25. The van der Waals surface area contributed by atoms with Crippen molar-refractivity contribution in [2.24, 2.45) is 0 Å². The summed E-state index contributed by atoms with van der Waals surface area (Å²) in [6.45, 7) is 0. The second kappa shape index (κ2) is 12.3. The molecule has 266 valence electrons. The first-order valence-electron chi connectivity index (χ1n) is 19.1. The van der Waals surface area contributed by atoms with Gasteiger partial charge in [0, 0.05) is 49.1 Å². The van der Waals surface area contributed by atoms with E-state index in [1.54, 1.807) is 0 Å². The van der Waals surface area contributed by atoms with Crippen LogP contribution in [0.4, 0.5) is 0 Å². The highest BCUT2D eigenvalue weighted by atomic mass is 16.3. The average Bonchev–Trinajstić information content (AvgIpc) is 3.95. The zero-order valence-corrected chi connectivity index (χ0v) is 30.5. The van der Waals surface area contributed by atoms with Crippen LogP contribution in [0.5, 0.6) is 0 Å². The van der Waals surface area contributed by atoms with Gasteiger partial charge in [-0.2, -0.15) is 9.97 Å². The first kappa shape index (κ1) is 31.5. The van der Waals surface area contributed by atoms with Crippen molar-refractivity contribution in [1.82, 2.24) is 24.1 Å². The van der Waals surface area contributed by atoms with Crippen molar-refractivity contribution in [3.63, 3.8) is 0 Å². The third kappa shape index (κ3) is 4.74. The number of rotatable bonds is 5. The maximum Gasteiger partial charge on any atom is 0.238 e. The van der Waals surface area contributed by atoms with Crippen molar-refractivity contribution in [3.8, 4) is 45.5 Å². The predicted molar refractivity (Wildman–Crippen MR) is 232 cm³/mol. The molecule has 0 N–H and O–H groups in total. The molecule has 12 aromatic rings. The monoisotopic (exact) mass is 729 g/mol. The van der Waals surface area contributed by atoms with Crippen LogP contribution in [-0.4, -0.2) is 24.1 Å². The highest BCUT2D eigenvalue weighted by molar-refractivity contribution is 6.26. The molecule has 0 fully saturated rings. The molecule has 0 aliphatic rings. The average molecular weight is 730 g/mol. The molecule has 0 saturated carbocycles. The summed E-state index contributed by atoms with van der Waals surface area (Å²) in [4.78, 5) is 15.8. The summed E-state index contributed by atoms with van der Waals surface area (Å²) in [6, 6.07) is 65.3. The normalized spacial score (nSPS) is 11.9. The zero-order chi connectivity index (χ0) is 37.5. The quantitative estimate of drug-likeness (QED) is 0.177. The zero-order valence-electron chi connectivity index (χ0n) is 30.5. The van der Waals surface area contributed by atoms with E-state index in [0.29, 0.717) is 17.6 Å². The Kier molecular flexibility index (Phi) is 6.83. The van der Waals surface area contributed by atoms with Crippen molar-refractivity contribution in [2.75, 3.05) is 0 Å². The molecule has 6 nitrogen and oxygen atoms in total. The molecule has 57 heavy (non-hydrogen) atoms. The lowest BCUT2D eigenvalue weighted by Gasteiger charge is -2.13. The van der Waals surface area contributed by atoms with E-state index in [2.05, 4.69) is 155 Å². The minimum absolute atomic E-state index is 0.518. The Bertz CT molecular complexity index is 3510. The van der Waals surface area contributed by atoms with E-state index in [0.717, 1.165) is 88.1 Å². The van der Waals surface area contributed by atoms with Gasteiger partial charge in [-0.25, -0.2) is 4.98 Å². The Balaban J connectivity index is 1.20. The SMILES string of the molecule is c1ccc(-c2nc(-c3ccccc3-c3ccccc3)nc(-n3c4ccccc4c4ccc5c6ccc7c8ccccc8n(-c8ccccc8)c7c6oc5c43)n2)cc1. The Morgan fingerprint density at radius 2 is 0.807 bits per heavy atom. The van der Waals surface area contributed by atoms with Gasteiger partial charge in [0.15, 0.2) is 22.8 Å². The van der Waals surface area contributed by atoms with Crippen molar-refractivity contribution in [2.45, 2.75) is 0 Å². The van der Waals surface area contributed by atoms with E-state index in [-0.39, 0.29) is 0 Å². The standard InChI is InChI=1S/C51H31N5O/c1-4-16-32(17-5-1)35-22-10-11-25-42(35)50-52-49(33-18-6-2-7-19-33)53-51(54-50)56-44-27-15-13-24-37(44)39-29-31-41-40-30-28-38-36-23-12-14-26-43(36)55(34-20-8-3-9-21-34)45(38)47(40)57-48(41)46(39)56/h1-31H. The molecule has 4 aromatic heterocycles. The molecule has 6 heteroatoms. The van der Waals surface area contributed by atoms with E-state index in [1.165, 1.54) is 5.39 Å². The first-order valence-corrected chi connectivity index (χ1v) is 19.1. The topological polar surface area (TPSA) is 61.7 Å². The number of hydrogen-bond acceptors (Lipinski definition) is 4. The molecular formula is C51H31N5O. The molecule has 8 aromatic carbocycles. The van der Waals surface area contributed by atoms with E-state index in [9.17, 15) is 0 Å². The van der Waals surface area contributed by atoms with Gasteiger partial charge in [0.05, 0.1) is 16.6 Å². The van der Waals surface area contributed by atoms with Gasteiger partial charge in [0.1, 0.15) is 5.52 Å². The number of aromatic nitrogens is 5. The van der Waals surface area contributed by atoms with E-state index in [4.69, 9.17) is 19.4 Å². The lowest BCUT2D eigenvalue weighted by molar-refractivity contribution is 0.673. The molecule has 0 unspecified atom stereocenters. The molecule has 0 spiro atoms. The van der Waals surface area contributed by atoms with Crippen LogP contribution in [0.25, 0.3) is 111 Å². The number of hydrogen-bond donors (Lipinski definition) is 0. The van der Waals surface area contributed by atoms with Crippen LogP contribution in [0.2, 0.25) is 0 Å². The minimum atomic E-state index is 0.518. The van der Waals surface area contributed by atoms with Crippen LogP contribution in [-0.2, 0) is 0 Å². The second-order valence-corrected chi connectivity index (χ2v) is 14.4. The summed E-state index contributed by atoms with van der Waals surface area (Å²) >= 11 is 0. The van der Waals surface area contributed by atoms with Gasteiger partial charge in [-0.1, -0.05) is 152 Å². The number of furan rings is 1. The van der Waals surface area contributed by atoms with Crippen LogP contribution < -0.4 is 0 Å². The maximum absolute atomic E-state index is 7.26. The van der Waals surface area contributed by atoms with Gasteiger partial charge in [0.2, 0.25) is 5.95 Å². The fourth-order valence-corrected chi connectivity index (χ4v) is 8.69. The van der Waals surface area contributed by atoms with Gasteiger partial charge in [-0.15, -0.1) is 0 Å². The summed E-state index contributed by atoms with van der Waals surface area (Å²) in [5.41, 5.74) is 10.7. The highest BCUT2D eigenvalue weighted by Crippen LogP contribution is 2.44. The van der Waals surface area contributed by atoms with Crippen molar-refractivity contribution in [3.05, 3.63) is 188 Å². The predicted octanol–water partition coefficient (Wildman–Crippen LogP) is 13.0. The molecule has 0 aliphatic carbocycles. The summed E-state index contributed by atoms with van der Waals surface area (Å²) < 4.78 is 11.8. The van der Waals surface area contributed by atoms with Gasteiger partial charge in [-0.05, 0) is 47.5 Å². The van der Waals surface area contributed by atoms with Crippen LogP contribution in [0.3, 0.4) is 0 Å². The van der Waals surface area contributed by atoms with Crippen LogP contribution in [0.15, 0.2) is 192 Å². The van der Waals surface area contributed by atoms with Gasteiger partial charge in [-0.3, -0.25) is 4.57 Å². The molecule has 12 rings (SSSR count). The molecular weight excluding hydrogens is 699 g/mol. The Morgan fingerprint density at radius 3 is 1.46 bits per heavy atom. The third-order valence-electron chi connectivity index (χ3n) is 11.2. The Hall–Kier alpha value is -7.83. The Morgan fingerprint density at radius 1 is 0.333 bits per heavy atom.